The third kappa shape index (κ3) is 0.892. The van der Waals surface area contributed by atoms with Gasteiger partial charge in [-0.05, 0) is 0 Å². The fourth-order valence-corrected chi connectivity index (χ4v) is 1.14. The number of alkyl halides is 1. The van der Waals surface area contributed by atoms with Gasteiger partial charge in [0.05, 0.1) is 0 Å². The first kappa shape index (κ1) is 5.76. The molecule has 0 radical (unpaired) electrons. The molecule has 0 atom stereocenters. The number of hydrogen-bond donors (Lipinski definition) is 2. The molecular weight excluding hydrogens is 124 g/mol. The van der Waals surface area contributed by atoms with Crippen LogP contribution in [0, 0.1) is 0 Å². The van der Waals surface area contributed by atoms with Crippen LogP contribution < -0.4 is 11.5 Å². The average molecular weight is 133 g/mol. The second kappa shape index (κ2) is 1.86. The van der Waals surface area contributed by atoms with E-state index in [0.717, 1.165) is 24.2 Å². The molecule has 0 unspecified atom stereocenters. The maximum atomic E-state index is 5.70. The van der Waals surface area contributed by atoms with Gasteiger partial charge in [-0.25, -0.2) is 0 Å². The monoisotopic (exact) mass is 132 g/mol. The van der Waals surface area contributed by atoms with Gasteiger partial charge in [0.25, 0.3) is 0 Å². The summed E-state index contributed by atoms with van der Waals surface area (Å²) in [5.41, 5.74) is 12.4. The summed E-state index contributed by atoms with van der Waals surface area (Å²) in [6.45, 7) is 0. The van der Waals surface area contributed by atoms with E-state index in [9.17, 15) is 0 Å². The Morgan fingerprint density at radius 3 is 1.75 bits per heavy atom. The molecule has 0 bridgehead atoms. The second-order valence-electron chi connectivity index (χ2n) is 2.06. The Morgan fingerprint density at radius 1 is 1.25 bits per heavy atom. The van der Waals surface area contributed by atoms with Crippen LogP contribution in [0.15, 0.2) is 11.4 Å². The topological polar surface area (TPSA) is 52.0 Å². The predicted molar refractivity (Wildman–Crippen MR) is 34.3 cm³/mol. The number of halogens is 1. The van der Waals surface area contributed by atoms with E-state index in [1.165, 1.54) is 0 Å². The van der Waals surface area contributed by atoms with Gasteiger partial charge in [0, 0.05) is 29.6 Å². The van der Waals surface area contributed by atoms with Gasteiger partial charge < -0.3 is 11.5 Å². The van der Waals surface area contributed by atoms with Crippen LogP contribution in [0.25, 0.3) is 0 Å². The fourth-order valence-electron chi connectivity index (χ4n) is 0.812. The summed E-state index contributed by atoms with van der Waals surface area (Å²) in [5.74, 6) is 0. The number of hydrogen-bond acceptors (Lipinski definition) is 2. The second-order valence-corrected chi connectivity index (χ2v) is 2.67. The lowest BCUT2D eigenvalue weighted by Crippen LogP contribution is -2.02. The van der Waals surface area contributed by atoms with Crippen LogP contribution in [0.2, 0.25) is 0 Å². The van der Waals surface area contributed by atoms with Crippen LogP contribution in [-0.2, 0) is 0 Å². The highest BCUT2D eigenvalue weighted by Crippen LogP contribution is 2.23. The average Bonchev–Trinajstić information content (AvgIpc) is 1.85. The Bertz CT molecular complexity index is 116. The van der Waals surface area contributed by atoms with Crippen molar-refractivity contribution in [3.8, 4) is 0 Å². The van der Waals surface area contributed by atoms with Crippen molar-refractivity contribution in [2.24, 2.45) is 11.5 Å². The highest BCUT2D eigenvalue weighted by Gasteiger charge is 2.17. The molecule has 0 aliphatic heterocycles. The van der Waals surface area contributed by atoms with Crippen molar-refractivity contribution in [1.29, 1.82) is 0 Å². The summed E-state index contributed by atoms with van der Waals surface area (Å²) in [6.07, 6.45) is 1.51. The lowest BCUT2D eigenvalue weighted by Gasteiger charge is -1.92. The highest BCUT2D eigenvalue weighted by molar-refractivity contribution is 6.21. The van der Waals surface area contributed by atoms with Crippen LogP contribution in [0.4, 0.5) is 0 Å². The van der Waals surface area contributed by atoms with Gasteiger partial charge in [0.15, 0.2) is 0 Å². The Labute approximate surface area is 53.5 Å². The van der Waals surface area contributed by atoms with Crippen molar-refractivity contribution in [2.75, 3.05) is 0 Å². The van der Waals surface area contributed by atoms with Gasteiger partial charge >= 0.3 is 0 Å². The molecule has 0 amide bonds. The normalized spacial score (nSPS) is 22.6. The minimum Gasteiger partial charge on any atom is -0.401 e. The molecule has 46 valence electrons. The van der Waals surface area contributed by atoms with Gasteiger partial charge in [-0.1, -0.05) is 0 Å². The van der Waals surface area contributed by atoms with Crippen LogP contribution in [0.1, 0.15) is 12.8 Å². The summed E-state index contributed by atoms with van der Waals surface area (Å²) in [4.78, 5) is 0. The molecule has 0 saturated carbocycles. The van der Waals surface area contributed by atoms with Crippen molar-refractivity contribution in [3.63, 3.8) is 0 Å². The zero-order valence-electron chi connectivity index (χ0n) is 4.52. The molecule has 0 aromatic carbocycles. The molecule has 0 heterocycles. The van der Waals surface area contributed by atoms with E-state index in [0.29, 0.717) is 0 Å². The van der Waals surface area contributed by atoms with Crippen LogP contribution in [0.3, 0.4) is 0 Å². The first-order valence-corrected chi connectivity index (χ1v) is 3.01. The molecule has 8 heavy (non-hydrogen) atoms. The molecular formula is C5H9ClN2. The van der Waals surface area contributed by atoms with Crippen LogP contribution in [0.5, 0.6) is 0 Å². The molecule has 4 N–H and O–H groups in total. The first-order valence-electron chi connectivity index (χ1n) is 2.57. The molecule has 1 aliphatic carbocycles. The Hall–Kier alpha value is -0.370. The van der Waals surface area contributed by atoms with Crippen LogP contribution in [-0.4, -0.2) is 5.38 Å². The molecule has 0 saturated heterocycles. The molecule has 1 rings (SSSR count). The number of nitrogens with two attached hydrogens (primary N) is 2. The minimum absolute atomic E-state index is 0.148. The zero-order chi connectivity index (χ0) is 6.15. The van der Waals surface area contributed by atoms with Crippen molar-refractivity contribution in [2.45, 2.75) is 18.2 Å². The van der Waals surface area contributed by atoms with Crippen molar-refractivity contribution >= 4 is 11.6 Å². The predicted octanol–water partition coefficient (Wildman–Crippen LogP) is 0.517. The fraction of sp³-hybridized carbons (Fsp3) is 0.600. The first-order chi connectivity index (χ1) is 3.70. The summed E-state index contributed by atoms with van der Waals surface area (Å²) >= 11 is 5.70. The van der Waals surface area contributed by atoms with E-state index < -0.39 is 0 Å². The maximum absolute atomic E-state index is 5.70. The van der Waals surface area contributed by atoms with Crippen molar-refractivity contribution < 1.29 is 0 Å². The summed E-state index contributed by atoms with van der Waals surface area (Å²) in [6, 6.07) is 0. The SMILES string of the molecule is NC1=C(N)CC(Cl)C1. The third-order valence-electron chi connectivity index (χ3n) is 1.30. The summed E-state index contributed by atoms with van der Waals surface area (Å²) < 4.78 is 0. The van der Waals surface area contributed by atoms with E-state index in [-0.39, 0.29) is 5.38 Å². The van der Waals surface area contributed by atoms with Crippen LogP contribution >= 0.6 is 11.6 Å². The lowest BCUT2D eigenvalue weighted by atomic mass is 10.3. The van der Waals surface area contributed by atoms with E-state index in [1.807, 2.05) is 0 Å². The standard InChI is InChI=1S/C5H9ClN2/c6-3-1-4(7)5(8)2-3/h3H,1-2,7-8H2. The van der Waals surface area contributed by atoms with Gasteiger partial charge in [0.2, 0.25) is 0 Å². The smallest absolute Gasteiger partial charge is 0.0446 e. The van der Waals surface area contributed by atoms with E-state index in [4.69, 9.17) is 23.1 Å². The van der Waals surface area contributed by atoms with Gasteiger partial charge in [-0.3, -0.25) is 0 Å². The molecule has 1 aliphatic rings. The Kier molecular flexibility index (Phi) is 1.34. The van der Waals surface area contributed by atoms with E-state index in [1.54, 1.807) is 0 Å². The molecule has 0 aromatic rings. The number of rotatable bonds is 0. The third-order valence-corrected chi connectivity index (χ3v) is 1.60. The largest absolute Gasteiger partial charge is 0.401 e. The van der Waals surface area contributed by atoms with Gasteiger partial charge in [0.1, 0.15) is 0 Å². The van der Waals surface area contributed by atoms with Crippen molar-refractivity contribution in [1.82, 2.24) is 0 Å². The Balaban J connectivity index is 2.60. The zero-order valence-corrected chi connectivity index (χ0v) is 5.28. The minimum atomic E-state index is 0.148. The van der Waals surface area contributed by atoms with E-state index in [2.05, 4.69) is 0 Å². The summed E-state index contributed by atoms with van der Waals surface area (Å²) in [7, 11) is 0. The molecule has 3 heteroatoms. The highest BCUT2D eigenvalue weighted by atomic mass is 35.5. The Morgan fingerprint density at radius 2 is 1.62 bits per heavy atom. The lowest BCUT2D eigenvalue weighted by molar-refractivity contribution is 0.895. The molecule has 0 spiro atoms. The molecule has 0 fully saturated rings. The maximum Gasteiger partial charge on any atom is 0.0446 e. The number of allylic oxidation sites excluding steroid dienone is 2. The quantitative estimate of drug-likeness (QED) is 0.472. The van der Waals surface area contributed by atoms with Crippen molar-refractivity contribution in [3.05, 3.63) is 11.4 Å². The summed E-state index contributed by atoms with van der Waals surface area (Å²) in [5, 5.41) is 0.148. The molecule has 2 nitrogen and oxygen atoms in total. The van der Waals surface area contributed by atoms with Gasteiger partial charge in [-0.2, -0.15) is 0 Å². The van der Waals surface area contributed by atoms with Gasteiger partial charge in [-0.15, -0.1) is 11.6 Å². The van der Waals surface area contributed by atoms with E-state index >= 15 is 0 Å². The molecule has 0 aromatic heterocycles.